The minimum absolute atomic E-state index is 0.0306. The van der Waals surface area contributed by atoms with Crippen molar-refractivity contribution in [2.45, 2.75) is 117 Å². The smallest absolute Gasteiger partial charge is 0.306 e. The Morgan fingerprint density at radius 2 is 1.19 bits per heavy atom. The van der Waals surface area contributed by atoms with Crippen molar-refractivity contribution < 1.29 is 9.53 Å². The van der Waals surface area contributed by atoms with Gasteiger partial charge in [-0.3, -0.25) is 4.79 Å². The van der Waals surface area contributed by atoms with E-state index in [1.54, 1.807) is 0 Å². The fourth-order valence-electron chi connectivity index (χ4n) is 2.62. The van der Waals surface area contributed by atoms with E-state index < -0.39 is 0 Å². The Kier molecular flexibility index (Phi) is 15.5. The van der Waals surface area contributed by atoms with Crippen molar-refractivity contribution >= 4 is 5.97 Å². The lowest BCUT2D eigenvalue weighted by atomic mass is 10.0. The van der Waals surface area contributed by atoms with Gasteiger partial charge in [-0.05, 0) is 32.1 Å². The number of ether oxygens (including phenoxy) is 1. The van der Waals surface area contributed by atoms with Gasteiger partial charge < -0.3 is 4.74 Å². The molecule has 2 heteroatoms. The molecule has 0 aliphatic rings. The molecular weight excluding hydrogens is 260 g/mol. The van der Waals surface area contributed by atoms with E-state index >= 15 is 0 Å². The van der Waals surface area contributed by atoms with Crippen LogP contribution in [0.25, 0.3) is 0 Å². The fourth-order valence-corrected chi connectivity index (χ4v) is 2.62. The Labute approximate surface area is 133 Å². The van der Waals surface area contributed by atoms with E-state index in [0.717, 1.165) is 25.7 Å². The highest BCUT2D eigenvalue weighted by Crippen LogP contribution is 2.16. The van der Waals surface area contributed by atoms with Crippen molar-refractivity contribution in [1.82, 2.24) is 0 Å². The van der Waals surface area contributed by atoms with Crippen LogP contribution < -0.4 is 0 Å². The molecule has 0 heterocycles. The van der Waals surface area contributed by atoms with Crippen molar-refractivity contribution in [3.05, 3.63) is 0 Å². The SMILES string of the molecule is CCCCCCC(=O)OC(CCCCC)CCCCCC. The van der Waals surface area contributed by atoms with Crippen molar-refractivity contribution in [3.63, 3.8) is 0 Å². The highest BCUT2D eigenvalue weighted by molar-refractivity contribution is 5.69. The molecular formula is C19H38O2. The summed E-state index contributed by atoms with van der Waals surface area (Å²) in [6.45, 7) is 6.64. The molecule has 1 atom stereocenters. The largest absolute Gasteiger partial charge is 0.462 e. The summed E-state index contributed by atoms with van der Waals surface area (Å²) < 4.78 is 5.72. The molecule has 0 bridgehead atoms. The number of esters is 1. The first-order valence-electron chi connectivity index (χ1n) is 9.44. The average molecular weight is 299 g/mol. The van der Waals surface area contributed by atoms with Crippen LogP contribution >= 0.6 is 0 Å². The summed E-state index contributed by atoms with van der Waals surface area (Å²) >= 11 is 0. The minimum atomic E-state index is 0.0306. The third-order valence-electron chi connectivity index (χ3n) is 4.04. The lowest BCUT2D eigenvalue weighted by molar-refractivity contribution is -0.150. The molecule has 2 nitrogen and oxygen atoms in total. The van der Waals surface area contributed by atoms with Crippen molar-refractivity contribution in [2.24, 2.45) is 0 Å². The third-order valence-corrected chi connectivity index (χ3v) is 4.04. The zero-order chi connectivity index (χ0) is 15.8. The first kappa shape index (κ1) is 20.5. The summed E-state index contributed by atoms with van der Waals surface area (Å²) in [4.78, 5) is 11.9. The van der Waals surface area contributed by atoms with Gasteiger partial charge in [0.1, 0.15) is 6.10 Å². The van der Waals surface area contributed by atoms with E-state index in [0.29, 0.717) is 6.42 Å². The Morgan fingerprint density at radius 1 is 0.714 bits per heavy atom. The van der Waals surface area contributed by atoms with E-state index in [1.165, 1.54) is 57.8 Å². The van der Waals surface area contributed by atoms with Crippen LogP contribution in [0, 0.1) is 0 Å². The molecule has 1 unspecified atom stereocenters. The molecule has 0 spiro atoms. The Balaban J connectivity index is 3.90. The molecule has 0 radical (unpaired) electrons. The van der Waals surface area contributed by atoms with Crippen LogP contribution in [0.15, 0.2) is 0 Å². The average Bonchev–Trinajstić information content (AvgIpc) is 2.48. The number of hydrogen-bond donors (Lipinski definition) is 0. The molecule has 0 aromatic rings. The second-order valence-electron chi connectivity index (χ2n) is 6.27. The van der Waals surface area contributed by atoms with Crippen molar-refractivity contribution in [1.29, 1.82) is 0 Å². The zero-order valence-corrected chi connectivity index (χ0v) is 14.8. The minimum Gasteiger partial charge on any atom is -0.462 e. The van der Waals surface area contributed by atoms with E-state index in [1.807, 2.05) is 0 Å². The predicted molar refractivity (Wildman–Crippen MR) is 91.5 cm³/mol. The molecule has 0 fully saturated rings. The van der Waals surface area contributed by atoms with Crippen LogP contribution in [0.1, 0.15) is 111 Å². The first-order chi connectivity index (χ1) is 10.2. The third kappa shape index (κ3) is 14.2. The molecule has 0 saturated carbocycles. The summed E-state index contributed by atoms with van der Waals surface area (Å²) in [6, 6.07) is 0. The van der Waals surface area contributed by atoms with Crippen LogP contribution in [0.3, 0.4) is 0 Å². The summed E-state index contributed by atoms with van der Waals surface area (Å²) in [5.74, 6) is 0.0306. The predicted octanol–water partition coefficient (Wildman–Crippen LogP) is 6.42. The zero-order valence-electron chi connectivity index (χ0n) is 14.8. The molecule has 0 aliphatic heterocycles. The van der Waals surface area contributed by atoms with Gasteiger partial charge in [-0.1, -0.05) is 72.1 Å². The lowest BCUT2D eigenvalue weighted by Crippen LogP contribution is -2.18. The number of hydrogen-bond acceptors (Lipinski definition) is 2. The van der Waals surface area contributed by atoms with Gasteiger partial charge in [0.25, 0.3) is 0 Å². The molecule has 21 heavy (non-hydrogen) atoms. The second kappa shape index (κ2) is 15.9. The van der Waals surface area contributed by atoms with Crippen LogP contribution in [0.5, 0.6) is 0 Å². The molecule has 0 saturated heterocycles. The highest BCUT2D eigenvalue weighted by atomic mass is 16.5. The van der Waals surface area contributed by atoms with Crippen molar-refractivity contribution in [3.8, 4) is 0 Å². The maximum absolute atomic E-state index is 11.9. The molecule has 0 rings (SSSR count). The van der Waals surface area contributed by atoms with E-state index in [-0.39, 0.29) is 12.1 Å². The molecule has 126 valence electrons. The Bertz CT molecular complexity index is 226. The van der Waals surface area contributed by atoms with Gasteiger partial charge in [0.2, 0.25) is 0 Å². The maximum atomic E-state index is 11.9. The van der Waals surface area contributed by atoms with Gasteiger partial charge in [0, 0.05) is 6.42 Å². The standard InChI is InChI=1S/C19H38O2/c1-4-7-10-13-16-18(15-12-9-6-3)21-19(20)17-14-11-8-5-2/h18H,4-17H2,1-3H3. The topological polar surface area (TPSA) is 26.3 Å². The van der Waals surface area contributed by atoms with Gasteiger partial charge in [-0.25, -0.2) is 0 Å². The number of unbranched alkanes of at least 4 members (excludes halogenated alkanes) is 8. The molecule has 0 N–H and O–H groups in total. The molecule has 0 aromatic carbocycles. The van der Waals surface area contributed by atoms with E-state index in [9.17, 15) is 4.79 Å². The van der Waals surface area contributed by atoms with E-state index in [2.05, 4.69) is 20.8 Å². The van der Waals surface area contributed by atoms with Gasteiger partial charge in [0.05, 0.1) is 0 Å². The van der Waals surface area contributed by atoms with Gasteiger partial charge >= 0.3 is 5.97 Å². The van der Waals surface area contributed by atoms with Crippen LogP contribution in [-0.4, -0.2) is 12.1 Å². The molecule has 0 aliphatic carbocycles. The maximum Gasteiger partial charge on any atom is 0.306 e. The summed E-state index contributed by atoms with van der Waals surface area (Å²) in [6.07, 6.45) is 16.2. The van der Waals surface area contributed by atoms with E-state index in [4.69, 9.17) is 4.74 Å². The monoisotopic (exact) mass is 298 g/mol. The lowest BCUT2D eigenvalue weighted by Gasteiger charge is -2.18. The summed E-state index contributed by atoms with van der Waals surface area (Å²) in [5, 5.41) is 0. The Hall–Kier alpha value is -0.530. The van der Waals surface area contributed by atoms with Gasteiger partial charge in [-0.15, -0.1) is 0 Å². The molecule has 0 aromatic heterocycles. The van der Waals surface area contributed by atoms with Crippen LogP contribution in [0.2, 0.25) is 0 Å². The number of carbonyl (C=O) groups excluding carboxylic acids is 1. The fraction of sp³-hybridized carbons (Fsp3) is 0.947. The van der Waals surface area contributed by atoms with Crippen molar-refractivity contribution in [2.75, 3.05) is 0 Å². The molecule has 0 amide bonds. The summed E-state index contributed by atoms with van der Waals surface area (Å²) in [5.41, 5.74) is 0. The number of rotatable bonds is 15. The first-order valence-corrected chi connectivity index (χ1v) is 9.44. The van der Waals surface area contributed by atoms with Crippen LogP contribution in [-0.2, 0) is 9.53 Å². The van der Waals surface area contributed by atoms with Gasteiger partial charge in [0.15, 0.2) is 0 Å². The summed E-state index contributed by atoms with van der Waals surface area (Å²) in [7, 11) is 0. The van der Waals surface area contributed by atoms with Crippen LogP contribution in [0.4, 0.5) is 0 Å². The Morgan fingerprint density at radius 3 is 1.76 bits per heavy atom. The van der Waals surface area contributed by atoms with Gasteiger partial charge in [-0.2, -0.15) is 0 Å². The quantitative estimate of drug-likeness (QED) is 0.257. The second-order valence-corrected chi connectivity index (χ2v) is 6.27. The number of carbonyl (C=O) groups is 1. The normalized spacial score (nSPS) is 12.3. The highest BCUT2D eigenvalue weighted by Gasteiger charge is 2.13.